The van der Waals surface area contributed by atoms with E-state index in [-0.39, 0.29) is 24.4 Å². The highest BCUT2D eigenvalue weighted by Gasteiger charge is 2.32. The normalized spacial score (nSPS) is 21.6. The number of hydrogen-bond donors (Lipinski definition) is 1. The second kappa shape index (κ2) is 11.5. The Morgan fingerprint density at radius 1 is 1.21 bits per heavy atom. The molecule has 3 rings (SSSR count). The molecule has 8 heteroatoms. The zero-order chi connectivity index (χ0) is 19.2. The molecule has 156 valence electrons. The average Bonchev–Trinajstić information content (AvgIpc) is 2.97. The van der Waals surface area contributed by atoms with Crippen LogP contribution in [-0.4, -0.2) is 40.4 Å². The second-order valence-electron chi connectivity index (χ2n) is 7.27. The number of thioether (sulfide) groups is 1. The van der Waals surface area contributed by atoms with Crippen molar-refractivity contribution in [2.24, 2.45) is 4.99 Å². The number of hydrogen-bond acceptors (Lipinski definition) is 3. The molecule has 1 amide bonds. The zero-order valence-corrected chi connectivity index (χ0v) is 19.3. The van der Waals surface area contributed by atoms with Crippen LogP contribution in [0.5, 0.6) is 0 Å². The molecule has 1 aromatic carbocycles. The van der Waals surface area contributed by atoms with Crippen LogP contribution in [-0.2, 0) is 4.79 Å². The summed E-state index contributed by atoms with van der Waals surface area (Å²) in [6.07, 6.45) is 7.80. The van der Waals surface area contributed by atoms with Gasteiger partial charge in [-0.15, -0.1) is 12.4 Å². The predicted molar refractivity (Wildman–Crippen MR) is 125 cm³/mol. The summed E-state index contributed by atoms with van der Waals surface area (Å²) in [6, 6.07) is 5.74. The molecule has 0 bridgehead atoms. The molecule has 1 aromatic rings. The van der Waals surface area contributed by atoms with Crippen LogP contribution < -0.4 is 5.32 Å². The Morgan fingerprint density at radius 3 is 2.54 bits per heavy atom. The molecule has 28 heavy (non-hydrogen) atoms. The molecule has 0 spiro atoms. The fourth-order valence-electron chi connectivity index (χ4n) is 3.72. The Balaban J connectivity index is 0.00000280. The molecule has 1 saturated heterocycles. The van der Waals surface area contributed by atoms with Gasteiger partial charge in [-0.1, -0.05) is 61.1 Å². The molecule has 2 aliphatic rings. The van der Waals surface area contributed by atoms with Crippen molar-refractivity contribution in [1.82, 2.24) is 4.90 Å². The van der Waals surface area contributed by atoms with Gasteiger partial charge in [-0.25, -0.2) is 0 Å². The summed E-state index contributed by atoms with van der Waals surface area (Å²) >= 11 is 13.8. The molecule has 0 radical (unpaired) electrons. The number of benzene rings is 1. The quantitative estimate of drug-likeness (QED) is 0.540. The van der Waals surface area contributed by atoms with Gasteiger partial charge in [0.05, 0.1) is 6.04 Å². The number of amides is 1. The summed E-state index contributed by atoms with van der Waals surface area (Å²) in [4.78, 5) is 19.9. The smallest absolute Gasteiger partial charge is 0.226 e. The first-order chi connectivity index (χ1) is 13.0. The fourth-order valence-corrected chi connectivity index (χ4v) is 5.51. The SMILES string of the molecule is CCCN1C(=NC2CCCCC2)SCC1CC(=O)Nc1cc(Cl)cc(Cl)c1.Cl. The van der Waals surface area contributed by atoms with Crippen molar-refractivity contribution in [3.8, 4) is 0 Å². The summed E-state index contributed by atoms with van der Waals surface area (Å²) in [5.41, 5.74) is 0.640. The van der Waals surface area contributed by atoms with Crippen LogP contribution in [0.3, 0.4) is 0 Å². The maximum Gasteiger partial charge on any atom is 0.226 e. The maximum atomic E-state index is 12.6. The molecule has 1 heterocycles. The highest BCUT2D eigenvalue weighted by atomic mass is 35.5. The molecule has 1 N–H and O–H groups in total. The first-order valence-electron chi connectivity index (χ1n) is 9.78. The Morgan fingerprint density at radius 2 is 1.89 bits per heavy atom. The van der Waals surface area contributed by atoms with Crippen LogP contribution in [0.15, 0.2) is 23.2 Å². The van der Waals surface area contributed by atoms with Crippen molar-refractivity contribution >= 4 is 64.1 Å². The van der Waals surface area contributed by atoms with Crippen molar-refractivity contribution in [1.29, 1.82) is 0 Å². The van der Waals surface area contributed by atoms with Crippen LogP contribution >= 0.6 is 47.4 Å². The molecule has 1 aliphatic heterocycles. The molecule has 1 unspecified atom stereocenters. The molecule has 1 atom stereocenters. The number of carbonyl (C=O) groups is 1. The third kappa shape index (κ3) is 6.72. The van der Waals surface area contributed by atoms with Crippen molar-refractivity contribution in [2.75, 3.05) is 17.6 Å². The zero-order valence-electron chi connectivity index (χ0n) is 16.1. The summed E-state index contributed by atoms with van der Waals surface area (Å²) in [6.45, 7) is 3.12. The van der Waals surface area contributed by atoms with E-state index in [9.17, 15) is 4.79 Å². The molecular weight excluding hydrogens is 437 g/mol. The van der Waals surface area contributed by atoms with Crippen molar-refractivity contribution in [2.45, 2.75) is 64.0 Å². The lowest BCUT2D eigenvalue weighted by molar-refractivity contribution is -0.116. The molecule has 4 nitrogen and oxygen atoms in total. The standard InChI is InChI=1S/C20H27Cl2N3OS.ClH/c1-2-8-25-18(13-27-20(25)24-16-6-4-3-5-7-16)12-19(26)23-17-10-14(21)9-15(22)11-17;/h9-11,16,18H,2-8,12-13H2,1H3,(H,23,26);1H. The van der Waals surface area contributed by atoms with Gasteiger partial charge in [0.25, 0.3) is 0 Å². The minimum Gasteiger partial charge on any atom is -0.347 e. The van der Waals surface area contributed by atoms with Crippen LogP contribution in [0.4, 0.5) is 5.69 Å². The number of nitrogens with zero attached hydrogens (tertiary/aromatic N) is 2. The van der Waals surface area contributed by atoms with Crippen LogP contribution in [0.1, 0.15) is 51.9 Å². The van der Waals surface area contributed by atoms with Gasteiger partial charge in [-0.2, -0.15) is 0 Å². The topological polar surface area (TPSA) is 44.7 Å². The first-order valence-corrected chi connectivity index (χ1v) is 11.5. The van der Waals surface area contributed by atoms with E-state index in [1.54, 1.807) is 30.0 Å². The summed E-state index contributed by atoms with van der Waals surface area (Å²) < 4.78 is 0. The second-order valence-corrected chi connectivity index (χ2v) is 9.13. The number of amidine groups is 1. The monoisotopic (exact) mass is 463 g/mol. The van der Waals surface area contributed by atoms with Crippen LogP contribution in [0, 0.1) is 0 Å². The number of rotatable bonds is 6. The molecular formula is C20H28Cl3N3OS. The maximum absolute atomic E-state index is 12.6. The summed E-state index contributed by atoms with van der Waals surface area (Å²) in [5, 5.41) is 5.09. The minimum absolute atomic E-state index is 0. The van der Waals surface area contributed by atoms with Gasteiger partial charge in [0.15, 0.2) is 5.17 Å². The van der Waals surface area contributed by atoms with E-state index in [0.717, 1.165) is 23.9 Å². The van der Waals surface area contributed by atoms with Crippen LogP contribution in [0.25, 0.3) is 0 Å². The Labute approximate surface area is 188 Å². The molecule has 2 fully saturated rings. The van der Waals surface area contributed by atoms with Crippen molar-refractivity contribution in [3.05, 3.63) is 28.2 Å². The van der Waals surface area contributed by atoms with Gasteiger partial charge in [-0.3, -0.25) is 9.79 Å². The van der Waals surface area contributed by atoms with Gasteiger partial charge in [0.2, 0.25) is 5.91 Å². The highest BCUT2D eigenvalue weighted by Crippen LogP contribution is 2.30. The van der Waals surface area contributed by atoms with Crippen LogP contribution in [0.2, 0.25) is 10.0 Å². The van der Waals surface area contributed by atoms with Gasteiger partial charge >= 0.3 is 0 Å². The summed E-state index contributed by atoms with van der Waals surface area (Å²) in [7, 11) is 0. The lowest BCUT2D eigenvalue weighted by atomic mass is 9.96. The van der Waals surface area contributed by atoms with E-state index >= 15 is 0 Å². The number of anilines is 1. The predicted octanol–water partition coefficient (Wildman–Crippen LogP) is 6.26. The van der Waals surface area contributed by atoms with Gasteiger partial charge in [-0.05, 0) is 37.5 Å². The first kappa shape index (κ1) is 23.7. The van der Waals surface area contributed by atoms with E-state index < -0.39 is 0 Å². The van der Waals surface area contributed by atoms with Crippen molar-refractivity contribution in [3.63, 3.8) is 0 Å². The van der Waals surface area contributed by atoms with E-state index in [1.165, 1.54) is 32.1 Å². The van der Waals surface area contributed by atoms with Gasteiger partial charge < -0.3 is 10.2 Å². The lowest BCUT2D eigenvalue weighted by Crippen LogP contribution is -2.37. The lowest BCUT2D eigenvalue weighted by Gasteiger charge is -2.27. The largest absolute Gasteiger partial charge is 0.347 e. The van der Waals surface area contributed by atoms with Crippen molar-refractivity contribution < 1.29 is 4.79 Å². The van der Waals surface area contributed by atoms with Gasteiger partial charge in [0, 0.05) is 40.5 Å². The summed E-state index contributed by atoms with van der Waals surface area (Å²) in [5.74, 6) is 0.897. The average molecular weight is 465 g/mol. The van der Waals surface area contributed by atoms with E-state index in [0.29, 0.717) is 28.2 Å². The molecule has 1 aliphatic carbocycles. The third-order valence-electron chi connectivity index (χ3n) is 4.99. The Bertz CT molecular complexity index is 675. The van der Waals surface area contributed by atoms with E-state index in [1.807, 2.05) is 0 Å². The fraction of sp³-hybridized carbons (Fsp3) is 0.600. The highest BCUT2D eigenvalue weighted by molar-refractivity contribution is 8.14. The van der Waals surface area contributed by atoms with E-state index in [2.05, 4.69) is 17.1 Å². The number of carbonyl (C=O) groups excluding carboxylic acids is 1. The Kier molecular flexibility index (Phi) is 9.75. The minimum atomic E-state index is -0.0149. The number of nitrogens with one attached hydrogen (secondary N) is 1. The number of halogens is 3. The molecule has 0 aromatic heterocycles. The Hall–Kier alpha value is -0.620. The van der Waals surface area contributed by atoms with E-state index in [4.69, 9.17) is 28.2 Å². The third-order valence-corrected chi connectivity index (χ3v) is 6.58. The van der Waals surface area contributed by atoms with Gasteiger partial charge in [0.1, 0.15) is 0 Å². The molecule has 1 saturated carbocycles. The number of aliphatic imine (C=N–C) groups is 1.